The van der Waals surface area contributed by atoms with Crippen LogP contribution in [0.3, 0.4) is 0 Å². The maximum absolute atomic E-state index is 14.0. The highest BCUT2D eigenvalue weighted by molar-refractivity contribution is 5.77. The lowest BCUT2D eigenvalue weighted by molar-refractivity contribution is 0.221. The van der Waals surface area contributed by atoms with Crippen molar-refractivity contribution in [2.45, 2.75) is 13.0 Å². The third-order valence-corrected chi connectivity index (χ3v) is 3.76. The molecule has 0 radical (unpaired) electrons. The second kappa shape index (κ2) is 7.09. The quantitative estimate of drug-likeness (QED) is 0.619. The van der Waals surface area contributed by atoms with Crippen molar-refractivity contribution in [3.8, 4) is 0 Å². The summed E-state index contributed by atoms with van der Waals surface area (Å²) in [5.74, 6) is -0.583. The molecule has 0 aromatic carbocycles. The van der Waals surface area contributed by atoms with E-state index in [4.69, 9.17) is 0 Å². The molecule has 1 aliphatic carbocycles. The van der Waals surface area contributed by atoms with E-state index in [-0.39, 0.29) is 23.8 Å². The summed E-state index contributed by atoms with van der Waals surface area (Å²) < 4.78 is 14.0. The minimum absolute atomic E-state index is 0.167. The summed E-state index contributed by atoms with van der Waals surface area (Å²) in [6.07, 6.45) is 10.0. The number of amides is 2. The van der Waals surface area contributed by atoms with Gasteiger partial charge in [-0.2, -0.15) is 0 Å². The Morgan fingerprint density at radius 2 is 2.30 bits per heavy atom. The van der Waals surface area contributed by atoms with Crippen molar-refractivity contribution in [1.82, 2.24) is 15.5 Å². The van der Waals surface area contributed by atoms with Gasteiger partial charge in [0.2, 0.25) is 0 Å². The first kappa shape index (κ1) is 16.7. The van der Waals surface area contributed by atoms with Gasteiger partial charge in [-0.3, -0.25) is 9.89 Å². The Kier molecular flexibility index (Phi) is 5.16. The number of hydrogen-bond acceptors (Lipinski definition) is 3. The van der Waals surface area contributed by atoms with E-state index in [9.17, 15) is 9.18 Å². The van der Waals surface area contributed by atoms with Gasteiger partial charge in [-0.1, -0.05) is 18.7 Å². The lowest BCUT2D eigenvalue weighted by Crippen LogP contribution is -2.38. The molecule has 122 valence electrons. The predicted octanol–water partition coefficient (Wildman–Crippen LogP) is 2.64. The van der Waals surface area contributed by atoms with Crippen molar-refractivity contribution in [2.75, 3.05) is 14.1 Å². The van der Waals surface area contributed by atoms with Crippen LogP contribution < -0.4 is 10.6 Å². The summed E-state index contributed by atoms with van der Waals surface area (Å²) in [4.78, 5) is 17.8. The van der Waals surface area contributed by atoms with E-state index in [1.54, 1.807) is 45.5 Å². The Morgan fingerprint density at radius 1 is 1.57 bits per heavy atom. The monoisotopic (exact) mass is 316 g/mol. The van der Waals surface area contributed by atoms with Gasteiger partial charge in [-0.25, -0.2) is 9.18 Å². The molecule has 0 aromatic rings. The number of carbonyl (C=O) groups excluding carboxylic acids is 1. The third kappa shape index (κ3) is 3.26. The van der Waals surface area contributed by atoms with Crippen molar-refractivity contribution in [3.05, 3.63) is 59.9 Å². The fourth-order valence-electron chi connectivity index (χ4n) is 2.65. The van der Waals surface area contributed by atoms with E-state index in [1.807, 2.05) is 6.08 Å². The van der Waals surface area contributed by atoms with Crippen molar-refractivity contribution in [3.63, 3.8) is 0 Å². The van der Waals surface area contributed by atoms with Crippen LogP contribution in [0.4, 0.5) is 9.18 Å². The molecule has 0 aromatic heterocycles. The Labute approximate surface area is 135 Å². The second-order valence-corrected chi connectivity index (χ2v) is 5.15. The minimum atomic E-state index is -0.375. The Hall–Kier alpha value is -2.63. The van der Waals surface area contributed by atoms with E-state index in [2.05, 4.69) is 22.2 Å². The molecule has 2 rings (SSSR count). The smallest absolute Gasteiger partial charge is 0.321 e. The molecule has 0 saturated heterocycles. The number of carbonyl (C=O) groups is 1. The number of nitrogens with one attached hydrogen (secondary N) is 2. The summed E-state index contributed by atoms with van der Waals surface area (Å²) >= 11 is 0. The van der Waals surface area contributed by atoms with Crippen LogP contribution in [-0.4, -0.2) is 37.3 Å². The summed E-state index contributed by atoms with van der Waals surface area (Å²) in [5, 5.41) is 5.82. The van der Waals surface area contributed by atoms with Gasteiger partial charge < -0.3 is 10.6 Å². The molecular formula is C17H21FN4O. The topological polar surface area (TPSA) is 56.7 Å². The van der Waals surface area contributed by atoms with E-state index >= 15 is 0 Å². The SMILES string of the molecule is C=CC(/N=C\C)=C(\C1=CC2C(F)=CC=CC2N1)N(C)C(=O)NC. The van der Waals surface area contributed by atoms with Gasteiger partial charge in [0.1, 0.15) is 5.83 Å². The fourth-order valence-corrected chi connectivity index (χ4v) is 2.65. The van der Waals surface area contributed by atoms with Gasteiger partial charge in [0, 0.05) is 20.3 Å². The van der Waals surface area contributed by atoms with Crippen LogP contribution in [0.1, 0.15) is 6.92 Å². The Bertz CT molecular complexity index is 658. The van der Waals surface area contributed by atoms with Gasteiger partial charge in [0.25, 0.3) is 0 Å². The zero-order chi connectivity index (χ0) is 17.0. The molecule has 2 atom stereocenters. The van der Waals surface area contributed by atoms with Crippen LogP contribution >= 0.6 is 0 Å². The number of hydrogen-bond donors (Lipinski definition) is 2. The maximum atomic E-state index is 14.0. The van der Waals surface area contributed by atoms with Crippen LogP contribution in [0.25, 0.3) is 0 Å². The van der Waals surface area contributed by atoms with Gasteiger partial charge in [0.05, 0.1) is 29.1 Å². The number of fused-ring (bicyclic) bond motifs is 1. The normalized spacial score (nSPS) is 23.5. The maximum Gasteiger partial charge on any atom is 0.321 e. The number of likely N-dealkylation sites (N-methyl/N-ethyl adjacent to an activating group) is 1. The lowest BCUT2D eigenvalue weighted by Gasteiger charge is -2.24. The highest BCUT2D eigenvalue weighted by atomic mass is 19.1. The van der Waals surface area contributed by atoms with Crippen molar-refractivity contribution < 1.29 is 9.18 Å². The standard InChI is InChI=1S/C17H21FN4O/c1-5-13(20-6-2)16(22(4)17(23)19-3)15-10-11-12(18)8-7-9-14(11)21-15/h5-11,14,21H,1H2,2-4H3,(H,19,23)/b16-13-,20-6-. The first-order valence-electron chi connectivity index (χ1n) is 7.36. The first-order chi connectivity index (χ1) is 11.0. The number of urea groups is 1. The summed E-state index contributed by atoms with van der Waals surface area (Å²) in [6.45, 7) is 5.54. The fraction of sp³-hybridized carbons (Fsp3) is 0.294. The lowest BCUT2D eigenvalue weighted by atomic mass is 9.96. The van der Waals surface area contributed by atoms with Crippen LogP contribution in [0, 0.1) is 5.92 Å². The molecule has 0 saturated carbocycles. The zero-order valence-corrected chi connectivity index (χ0v) is 13.5. The van der Waals surface area contributed by atoms with Crippen LogP contribution in [0.15, 0.2) is 64.9 Å². The molecule has 2 aliphatic rings. The predicted molar refractivity (Wildman–Crippen MR) is 90.4 cm³/mol. The van der Waals surface area contributed by atoms with E-state index in [1.165, 1.54) is 11.0 Å². The van der Waals surface area contributed by atoms with Gasteiger partial charge in [0.15, 0.2) is 0 Å². The number of aliphatic imine (C=N–C) groups is 1. The number of rotatable bonds is 4. The average Bonchev–Trinajstić information content (AvgIpc) is 2.98. The summed E-state index contributed by atoms with van der Waals surface area (Å²) in [6, 6.07) is -0.463. The van der Waals surface area contributed by atoms with Gasteiger partial charge in [-0.15, -0.1) is 0 Å². The summed E-state index contributed by atoms with van der Waals surface area (Å²) in [5.41, 5.74) is 1.74. The zero-order valence-electron chi connectivity index (χ0n) is 13.5. The molecule has 6 heteroatoms. The van der Waals surface area contributed by atoms with Crippen molar-refractivity contribution >= 4 is 12.2 Å². The minimum Gasteiger partial charge on any atom is -0.376 e. The Morgan fingerprint density at radius 3 is 2.87 bits per heavy atom. The van der Waals surface area contributed by atoms with Crippen LogP contribution in [0.5, 0.6) is 0 Å². The number of allylic oxidation sites excluding steroid dienone is 3. The highest BCUT2D eigenvalue weighted by Crippen LogP contribution is 2.33. The Balaban J connectivity index is 2.49. The molecule has 2 N–H and O–H groups in total. The first-order valence-corrected chi connectivity index (χ1v) is 7.36. The number of nitrogens with zero attached hydrogens (tertiary/aromatic N) is 2. The molecule has 0 fully saturated rings. The average molecular weight is 316 g/mol. The van der Waals surface area contributed by atoms with E-state index in [0.717, 1.165) is 0 Å². The van der Waals surface area contributed by atoms with Crippen LogP contribution in [0.2, 0.25) is 0 Å². The van der Waals surface area contributed by atoms with Crippen LogP contribution in [-0.2, 0) is 0 Å². The van der Waals surface area contributed by atoms with Gasteiger partial charge in [-0.05, 0) is 25.2 Å². The molecule has 0 bridgehead atoms. The molecule has 2 amide bonds. The van der Waals surface area contributed by atoms with E-state index in [0.29, 0.717) is 17.1 Å². The molecule has 1 heterocycles. The molecule has 0 spiro atoms. The molecule has 1 aliphatic heterocycles. The van der Waals surface area contributed by atoms with Gasteiger partial charge >= 0.3 is 6.03 Å². The molecule has 23 heavy (non-hydrogen) atoms. The van der Waals surface area contributed by atoms with Crippen molar-refractivity contribution in [2.24, 2.45) is 10.9 Å². The number of halogens is 1. The third-order valence-electron chi connectivity index (χ3n) is 3.76. The van der Waals surface area contributed by atoms with Crippen molar-refractivity contribution in [1.29, 1.82) is 0 Å². The molecular weight excluding hydrogens is 295 g/mol. The second-order valence-electron chi connectivity index (χ2n) is 5.15. The molecule has 2 unspecified atom stereocenters. The van der Waals surface area contributed by atoms with E-state index < -0.39 is 0 Å². The largest absolute Gasteiger partial charge is 0.376 e. The molecule has 5 nitrogen and oxygen atoms in total. The summed E-state index contributed by atoms with van der Waals surface area (Å²) in [7, 11) is 3.18. The highest BCUT2D eigenvalue weighted by Gasteiger charge is 2.33.